The summed E-state index contributed by atoms with van der Waals surface area (Å²) in [5.74, 6) is 1.65. The Labute approximate surface area is 116 Å². The standard InChI is InChI=1S/C15H16BrNO/c1-9-6-12(4-5-14(9)17)18-13-7-10(2)15(16)11(3)8-13/h4-8H,17H2,1-3H3. The molecule has 0 unspecified atom stereocenters. The molecular formula is C15H16BrNO. The van der Waals surface area contributed by atoms with Crippen LogP contribution in [0.2, 0.25) is 0 Å². The van der Waals surface area contributed by atoms with E-state index in [4.69, 9.17) is 10.5 Å². The normalized spacial score (nSPS) is 10.4. The molecule has 3 heteroatoms. The van der Waals surface area contributed by atoms with Crippen molar-refractivity contribution in [1.29, 1.82) is 0 Å². The molecule has 0 spiro atoms. The Morgan fingerprint density at radius 3 is 2.00 bits per heavy atom. The molecule has 0 fully saturated rings. The Morgan fingerprint density at radius 2 is 1.44 bits per heavy atom. The average Bonchev–Trinajstić information content (AvgIpc) is 2.31. The Morgan fingerprint density at radius 1 is 0.889 bits per heavy atom. The van der Waals surface area contributed by atoms with Crippen LogP contribution in [0.25, 0.3) is 0 Å². The second kappa shape index (κ2) is 5.02. The fraction of sp³-hybridized carbons (Fsp3) is 0.200. The molecule has 2 aromatic carbocycles. The zero-order chi connectivity index (χ0) is 13.3. The first-order valence-electron chi connectivity index (χ1n) is 5.78. The van der Waals surface area contributed by atoms with Crippen molar-refractivity contribution in [3.8, 4) is 11.5 Å². The van der Waals surface area contributed by atoms with E-state index < -0.39 is 0 Å². The van der Waals surface area contributed by atoms with Gasteiger partial charge in [-0.25, -0.2) is 0 Å². The molecule has 94 valence electrons. The summed E-state index contributed by atoms with van der Waals surface area (Å²) in [5, 5.41) is 0. The molecule has 0 radical (unpaired) electrons. The lowest BCUT2D eigenvalue weighted by Gasteiger charge is -2.11. The zero-order valence-electron chi connectivity index (χ0n) is 10.8. The predicted molar refractivity (Wildman–Crippen MR) is 79.3 cm³/mol. The molecular weight excluding hydrogens is 290 g/mol. The molecule has 0 saturated heterocycles. The van der Waals surface area contributed by atoms with Crippen molar-refractivity contribution in [3.05, 3.63) is 51.5 Å². The van der Waals surface area contributed by atoms with Crippen LogP contribution >= 0.6 is 15.9 Å². The van der Waals surface area contributed by atoms with E-state index in [1.54, 1.807) is 0 Å². The highest BCUT2D eigenvalue weighted by Gasteiger charge is 2.05. The third-order valence-corrected chi connectivity index (χ3v) is 4.14. The van der Waals surface area contributed by atoms with Gasteiger partial charge in [0.05, 0.1) is 0 Å². The average molecular weight is 306 g/mol. The molecule has 2 nitrogen and oxygen atoms in total. The molecule has 0 saturated carbocycles. The highest BCUT2D eigenvalue weighted by Crippen LogP contribution is 2.30. The summed E-state index contributed by atoms with van der Waals surface area (Å²) in [6, 6.07) is 9.73. The molecule has 0 heterocycles. The largest absolute Gasteiger partial charge is 0.457 e. The monoisotopic (exact) mass is 305 g/mol. The van der Waals surface area contributed by atoms with Gasteiger partial charge in [0.25, 0.3) is 0 Å². The highest BCUT2D eigenvalue weighted by atomic mass is 79.9. The van der Waals surface area contributed by atoms with E-state index in [-0.39, 0.29) is 0 Å². The molecule has 2 aromatic rings. The topological polar surface area (TPSA) is 35.2 Å². The summed E-state index contributed by atoms with van der Waals surface area (Å²) >= 11 is 3.55. The molecule has 18 heavy (non-hydrogen) atoms. The van der Waals surface area contributed by atoms with Crippen molar-refractivity contribution >= 4 is 21.6 Å². The summed E-state index contributed by atoms with van der Waals surface area (Å²) in [6.45, 7) is 6.08. The SMILES string of the molecule is Cc1cc(Oc2cc(C)c(Br)c(C)c2)ccc1N. The first-order chi connectivity index (χ1) is 8.47. The van der Waals surface area contributed by atoms with Gasteiger partial charge in [-0.3, -0.25) is 0 Å². The number of aryl methyl sites for hydroxylation is 3. The molecule has 0 bridgehead atoms. The third-order valence-electron chi connectivity index (χ3n) is 2.89. The van der Waals surface area contributed by atoms with Crippen LogP contribution in [-0.4, -0.2) is 0 Å². The Balaban J connectivity index is 2.31. The molecule has 0 aliphatic rings. The van der Waals surface area contributed by atoms with Crippen LogP contribution in [0, 0.1) is 20.8 Å². The minimum Gasteiger partial charge on any atom is -0.457 e. The van der Waals surface area contributed by atoms with Gasteiger partial charge >= 0.3 is 0 Å². The lowest BCUT2D eigenvalue weighted by atomic mass is 10.1. The summed E-state index contributed by atoms with van der Waals surface area (Å²) < 4.78 is 6.98. The van der Waals surface area contributed by atoms with Gasteiger partial charge in [-0.1, -0.05) is 15.9 Å². The van der Waals surface area contributed by atoms with Gasteiger partial charge in [0.15, 0.2) is 0 Å². The number of nitrogens with two attached hydrogens (primary N) is 1. The second-order valence-electron chi connectivity index (χ2n) is 4.49. The Bertz CT molecular complexity index is 570. The number of hydrogen-bond donors (Lipinski definition) is 1. The van der Waals surface area contributed by atoms with Crippen LogP contribution in [0.5, 0.6) is 11.5 Å². The third kappa shape index (κ3) is 2.67. The smallest absolute Gasteiger partial charge is 0.128 e. The van der Waals surface area contributed by atoms with Gasteiger partial charge in [-0.15, -0.1) is 0 Å². The summed E-state index contributed by atoms with van der Waals surface area (Å²) in [7, 11) is 0. The van der Waals surface area contributed by atoms with Gasteiger partial charge in [0.1, 0.15) is 11.5 Å². The molecule has 0 amide bonds. The maximum Gasteiger partial charge on any atom is 0.128 e. The Hall–Kier alpha value is -1.48. The fourth-order valence-electron chi connectivity index (χ4n) is 1.81. The molecule has 0 atom stereocenters. The van der Waals surface area contributed by atoms with E-state index in [1.807, 2.05) is 37.3 Å². The van der Waals surface area contributed by atoms with Crippen molar-refractivity contribution < 1.29 is 4.74 Å². The zero-order valence-corrected chi connectivity index (χ0v) is 12.3. The number of nitrogen functional groups attached to an aromatic ring is 1. The van der Waals surface area contributed by atoms with E-state index in [9.17, 15) is 0 Å². The van der Waals surface area contributed by atoms with E-state index in [0.29, 0.717) is 0 Å². The van der Waals surface area contributed by atoms with Crippen LogP contribution in [-0.2, 0) is 0 Å². The molecule has 0 aliphatic carbocycles. The van der Waals surface area contributed by atoms with Crippen LogP contribution in [0.15, 0.2) is 34.8 Å². The van der Waals surface area contributed by atoms with E-state index >= 15 is 0 Å². The minimum absolute atomic E-state index is 0.783. The van der Waals surface area contributed by atoms with E-state index in [2.05, 4.69) is 29.8 Å². The maximum absolute atomic E-state index is 5.85. The van der Waals surface area contributed by atoms with Gasteiger partial charge in [-0.2, -0.15) is 0 Å². The molecule has 0 aromatic heterocycles. The predicted octanol–water partition coefficient (Wildman–Crippen LogP) is 4.75. The quantitative estimate of drug-likeness (QED) is 0.813. The van der Waals surface area contributed by atoms with Crippen molar-refractivity contribution in [2.45, 2.75) is 20.8 Å². The van der Waals surface area contributed by atoms with Gasteiger partial charge < -0.3 is 10.5 Å². The Kier molecular flexibility index (Phi) is 3.62. The highest BCUT2D eigenvalue weighted by molar-refractivity contribution is 9.10. The number of hydrogen-bond acceptors (Lipinski definition) is 2. The molecule has 2 rings (SSSR count). The minimum atomic E-state index is 0.783. The number of benzene rings is 2. The molecule has 0 aliphatic heterocycles. The van der Waals surface area contributed by atoms with Crippen molar-refractivity contribution in [3.63, 3.8) is 0 Å². The van der Waals surface area contributed by atoms with Crippen molar-refractivity contribution in [2.24, 2.45) is 0 Å². The summed E-state index contributed by atoms with van der Waals surface area (Å²) in [6.07, 6.45) is 0. The van der Waals surface area contributed by atoms with Gasteiger partial charge in [0, 0.05) is 10.2 Å². The van der Waals surface area contributed by atoms with Crippen LogP contribution in [0.1, 0.15) is 16.7 Å². The molecule has 2 N–H and O–H groups in total. The first-order valence-corrected chi connectivity index (χ1v) is 6.57. The van der Waals surface area contributed by atoms with Gasteiger partial charge in [-0.05, 0) is 67.8 Å². The van der Waals surface area contributed by atoms with E-state index in [1.165, 1.54) is 0 Å². The second-order valence-corrected chi connectivity index (χ2v) is 5.28. The summed E-state index contributed by atoms with van der Waals surface area (Å²) in [4.78, 5) is 0. The van der Waals surface area contributed by atoms with Crippen LogP contribution in [0.3, 0.4) is 0 Å². The number of ether oxygens (including phenoxy) is 1. The number of halogens is 1. The lowest BCUT2D eigenvalue weighted by Crippen LogP contribution is -1.92. The van der Waals surface area contributed by atoms with E-state index in [0.717, 1.165) is 38.3 Å². The fourth-order valence-corrected chi connectivity index (χ4v) is 2.04. The van der Waals surface area contributed by atoms with Crippen LogP contribution in [0.4, 0.5) is 5.69 Å². The first kappa shape index (κ1) is 13.0. The summed E-state index contributed by atoms with van der Waals surface area (Å²) in [5.41, 5.74) is 9.93. The lowest BCUT2D eigenvalue weighted by molar-refractivity contribution is 0.481. The maximum atomic E-state index is 5.85. The van der Waals surface area contributed by atoms with Crippen molar-refractivity contribution in [2.75, 3.05) is 5.73 Å². The number of anilines is 1. The van der Waals surface area contributed by atoms with Crippen molar-refractivity contribution in [1.82, 2.24) is 0 Å². The van der Waals surface area contributed by atoms with Gasteiger partial charge in [0.2, 0.25) is 0 Å². The van der Waals surface area contributed by atoms with Crippen LogP contribution < -0.4 is 10.5 Å². The number of rotatable bonds is 2.